The molecule has 0 saturated heterocycles. The molecule has 0 aliphatic rings. The van der Waals surface area contributed by atoms with E-state index in [2.05, 4.69) is 15.3 Å². The summed E-state index contributed by atoms with van der Waals surface area (Å²) in [6.45, 7) is 0.147. The van der Waals surface area contributed by atoms with Crippen LogP contribution in [0.15, 0.2) is 5.11 Å². The highest BCUT2D eigenvalue weighted by Gasteiger charge is 2.05. The average molecular weight is 255 g/mol. The molecular formula is C10H17N5O3. The van der Waals surface area contributed by atoms with Gasteiger partial charge in [0.15, 0.2) is 0 Å². The van der Waals surface area contributed by atoms with Crippen LogP contribution in [0.25, 0.3) is 10.4 Å². The summed E-state index contributed by atoms with van der Waals surface area (Å²) >= 11 is 0. The van der Waals surface area contributed by atoms with Crippen molar-refractivity contribution in [3.8, 4) is 0 Å². The van der Waals surface area contributed by atoms with Gasteiger partial charge < -0.3 is 11.1 Å². The molecule has 0 bridgehead atoms. The first-order valence-electron chi connectivity index (χ1n) is 5.61. The highest BCUT2D eigenvalue weighted by molar-refractivity contribution is 5.86. The van der Waals surface area contributed by atoms with E-state index >= 15 is 0 Å². The van der Waals surface area contributed by atoms with Gasteiger partial charge in [0.25, 0.3) is 0 Å². The number of hydrogen-bond donors (Lipinski definition) is 2. The van der Waals surface area contributed by atoms with Crippen LogP contribution >= 0.6 is 0 Å². The van der Waals surface area contributed by atoms with Crippen molar-refractivity contribution >= 4 is 17.5 Å². The van der Waals surface area contributed by atoms with E-state index < -0.39 is 0 Å². The van der Waals surface area contributed by atoms with Gasteiger partial charge in [0.1, 0.15) is 11.6 Å². The molecule has 0 aromatic carbocycles. The van der Waals surface area contributed by atoms with Crippen molar-refractivity contribution in [3.63, 3.8) is 0 Å². The second kappa shape index (κ2) is 10.2. The van der Waals surface area contributed by atoms with E-state index in [1.165, 1.54) is 0 Å². The Kier molecular flexibility index (Phi) is 9.15. The summed E-state index contributed by atoms with van der Waals surface area (Å²) in [4.78, 5) is 35.6. The topological polar surface area (TPSA) is 138 Å². The minimum atomic E-state index is -0.237. The monoisotopic (exact) mass is 255 g/mol. The number of nitrogens with one attached hydrogen (secondary N) is 1. The van der Waals surface area contributed by atoms with E-state index in [0.29, 0.717) is 13.0 Å². The fraction of sp³-hybridized carbons (Fsp3) is 0.700. The molecule has 100 valence electrons. The summed E-state index contributed by atoms with van der Waals surface area (Å²) in [5, 5.41) is 5.72. The highest BCUT2D eigenvalue weighted by Crippen LogP contribution is 1.93. The van der Waals surface area contributed by atoms with Crippen molar-refractivity contribution in [2.45, 2.75) is 25.7 Å². The molecule has 0 aromatic heterocycles. The van der Waals surface area contributed by atoms with Crippen LogP contribution in [0.4, 0.5) is 0 Å². The number of carbonyl (C=O) groups excluding carboxylic acids is 3. The first-order valence-corrected chi connectivity index (χ1v) is 5.61. The standard InChI is InChI=1S/C10H17N5O3/c11-6-8(16)3-4-10(18)13-5-1-2-9(17)7-14-15-12/h1-7,11H2,(H,13,18). The number of nitrogens with two attached hydrogens (primary N) is 1. The van der Waals surface area contributed by atoms with Crippen molar-refractivity contribution in [2.24, 2.45) is 10.8 Å². The van der Waals surface area contributed by atoms with Gasteiger partial charge in [-0.15, -0.1) is 0 Å². The zero-order valence-electron chi connectivity index (χ0n) is 10.1. The Labute approximate surface area is 105 Å². The van der Waals surface area contributed by atoms with Crippen molar-refractivity contribution in [3.05, 3.63) is 10.4 Å². The number of rotatable bonds is 10. The van der Waals surface area contributed by atoms with E-state index in [9.17, 15) is 14.4 Å². The number of azide groups is 1. The smallest absolute Gasteiger partial charge is 0.220 e. The van der Waals surface area contributed by atoms with Gasteiger partial charge in [-0.2, -0.15) is 0 Å². The van der Waals surface area contributed by atoms with Crippen LogP contribution in [0.1, 0.15) is 25.7 Å². The van der Waals surface area contributed by atoms with Gasteiger partial charge in [-0.3, -0.25) is 14.4 Å². The number of Topliss-reactive ketones (excluding diaryl/α,β-unsaturated/α-hetero) is 2. The Morgan fingerprint density at radius 2 is 1.89 bits per heavy atom. The van der Waals surface area contributed by atoms with Crippen LogP contribution < -0.4 is 11.1 Å². The molecule has 0 radical (unpaired) electrons. The third kappa shape index (κ3) is 9.32. The summed E-state index contributed by atoms with van der Waals surface area (Å²) in [5.74, 6) is -0.561. The minimum absolute atomic E-state index is 0.0544. The molecule has 0 aliphatic heterocycles. The molecule has 0 fully saturated rings. The van der Waals surface area contributed by atoms with Crippen molar-refractivity contribution in [1.29, 1.82) is 0 Å². The van der Waals surface area contributed by atoms with Crippen LogP contribution in [0.5, 0.6) is 0 Å². The predicted octanol–water partition coefficient (Wildman–Crippen LogP) is 0.0702. The Morgan fingerprint density at radius 3 is 2.50 bits per heavy atom. The van der Waals surface area contributed by atoms with Crippen LogP contribution in [0.3, 0.4) is 0 Å². The largest absolute Gasteiger partial charge is 0.356 e. The van der Waals surface area contributed by atoms with E-state index in [4.69, 9.17) is 11.3 Å². The number of carbonyl (C=O) groups is 3. The van der Waals surface area contributed by atoms with Gasteiger partial charge in [0.2, 0.25) is 5.91 Å². The molecule has 0 unspecified atom stereocenters. The molecule has 0 saturated carbocycles. The highest BCUT2D eigenvalue weighted by atomic mass is 16.2. The maximum Gasteiger partial charge on any atom is 0.220 e. The number of nitrogens with zero attached hydrogens (tertiary/aromatic N) is 3. The Bertz CT molecular complexity index is 349. The molecule has 0 rings (SSSR count). The fourth-order valence-corrected chi connectivity index (χ4v) is 1.15. The van der Waals surface area contributed by atoms with Crippen molar-refractivity contribution in [2.75, 3.05) is 19.6 Å². The van der Waals surface area contributed by atoms with Crippen LogP contribution in [-0.2, 0) is 14.4 Å². The number of hydrogen-bond acceptors (Lipinski definition) is 5. The maximum atomic E-state index is 11.2. The molecule has 0 heterocycles. The summed E-state index contributed by atoms with van der Waals surface area (Å²) in [6, 6.07) is 0. The van der Waals surface area contributed by atoms with Crippen molar-refractivity contribution < 1.29 is 14.4 Å². The molecule has 8 nitrogen and oxygen atoms in total. The Morgan fingerprint density at radius 1 is 1.17 bits per heavy atom. The number of ketones is 2. The lowest BCUT2D eigenvalue weighted by Crippen LogP contribution is -2.26. The lowest BCUT2D eigenvalue weighted by molar-refractivity contribution is -0.125. The van der Waals surface area contributed by atoms with Crippen LogP contribution in [0, 0.1) is 0 Å². The quantitative estimate of drug-likeness (QED) is 0.247. The lowest BCUT2D eigenvalue weighted by atomic mass is 10.2. The fourth-order valence-electron chi connectivity index (χ4n) is 1.15. The predicted molar refractivity (Wildman–Crippen MR) is 64.6 cm³/mol. The van der Waals surface area contributed by atoms with Gasteiger partial charge in [0.05, 0.1) is 13.1 Å². The molecule has 3 N–H and O–H groups in total. The van der Waals surface area contributed by atoms with Gasteiger partial charge in [-0.25, -0.2) is 0 Å². The number of amides is 1. The summed E-state index contributed by atoms with van der Waals surface area (Å²) in [6.07, 6.45) is 0.984. The third-order valence-corrected chi connectivity index (χ3v) is 2.12. The van der Waals surface area contributed by atoms with E-state index in [1.54, 1.807) is 0 Å². The Hall–Kier alpha value is -1.92. The van der Waals surface area contributed by atoms with E-state index in [1.807, 2.05) is 0 Å². The van der Waals surface area contributed by atoms with Gasteiger partial charge >= 0.3 is 0 Å². The van der Waals surface area contributed by atoms with Gasteiger partial charge in [-0.05, 0) is 12.0 Å². The average Bonchev–Trinajstić information content (AvgIpc) is 2.38. The first-order chi connectivity index (χ1) is 8.60. The molecule has 0 aromatic rings. The second-order valence-electron chi connectivity index (χ2n) is 3.62. The third-order valence-electron chi connectivity index (χ3n) is 2.12. The zero-order valence-corrected chi connectivity index (χ0v) is 10.1. The molecule has 0 atom stereocenters. The first kappa shape index (κ1) is 16.1. The minimum Gasteiger partial charge on any atom is -0.356 e. The van der Waals surface area contributed by atoms with Crippen molar-refractivity contribution in [1.82, 2.24) is 5.32 Å². The van der Waals surface area contributed by atoms with E-state index in [-0.39, 0.29) is 49.8 Å². The van der Waals surface area contributed by atoms with Gasteiger partial charge in [0, 0.05) is 30.7 Å². The SMILES string of the molecule is [N-]=[N+]=NCC(=O)CCCNC(=O)CCC(=O)CN. The second-order valence-corrected chi connectivity index (χ2v) is 3.62. The Balaban J connectivity index is 3.54. The lowest BCUT2D eigenvalue weighted by Gasteiger charge is -2.03. The van der Waals surface area contributed by atoms with E-state index in [0.717, 1.165) is 0 Å². The summed E-state index contributed by atoms with van der Waals surface area (Å²) in [7, 11) is 0. The van der Waals surface area contributed by atoms with Gasteiger partial charge in [-0.1, -0.05) is 5.11 Å². The molecule has 0 aliphatic carbocycles. The zero-order chi connectivity index (χ0) is 13.8. The maximum absolute atomic E-state index is 11.2. The molecule has 0 spiro atoms. The van der Waals surface area contributed by atoms with Crippen LogP contribution in [0.2, 0.25) is 0 Å². The normalized spacial score (nSPS) is 9.39. The molecule has 8 heteroatoms. The molecule has 1 amide bonds. The molecule has 18 heavy (non-hydrogen) atoms. The molecular weight excluding hydrogens is 238 g/mol. The van der Waals surface area contributed by atoms with Crippen LogP contribution in [-0.4, -0.2) is 37.1 Å². The summed E-state index contributed by atoms with van der Waals surface area (Å²) in [5.41, 5.74) is 13.1. The summed E-state index contributed by atoms with van der Waals surface area (Å²) < 4.78 is 0.